The number of unbranched alkanes of at least 4 members (excludes halogenated alkanes) is 4. The van der Waals surface area contributed by atoms with E-state index in [1.807, 2.05) is 0 Å². The molecule has 27 heavy (non-hydrogen) atoms. The summed E-state index contributed by atoms with van der Waals surface area (Å²) < 4.78 is 0. The summed E-state index contributed by atoms with van der Waals surface area (Å²) in [5, 5.41) is 39.9. The zero-order valence-electron chi connectivity index (χ0n) is 17.3. The van der Waals surface area contributed by atoms with Gasteiger partial charge in [-0.3, -0.25) is 4.79 Å². The van der Waals surface area contributed by atoms with Crippen LogP contribution < -0.4 is 0 Å². The van der Waals surface area contributed by atoms with E-state index in [-0.39, 0.29) is 23.0 Å². The molecule has 0 aliphatic heterocycles. The predicted molar refractivity (Wildman–Crippen MR) is 111 cm³/mol. The van der Waals surface area contributed by atoms with Gasteiger partial charge in [0.2, 0.25) is 0 Å². The van der Waals surface area contributed by atoms with Gasteiger partial charge in [-0.1, -0.05) is 52.9 Å². The van der Waals surface area contributed by atoms with Gasteiger partial charge in [0.25, 0.3) is 0 Å². The van der Waals surface area contributed by atoms with Gasteiger partial charge in [0, 0.05) is 23.8 Å². The lowest BCUT2D eigenvalue weighted by molar-refractivity contribution is -0.137. The molecule has 0 spiro atoms. The number of rotatable bonds is 14. The van der Waals surface area contributed by atoms with E-state index < -0.39 is 24.3 Å². The molecule has 0 aromatic carbocycles. The van der Waals surface area contributed by atoms with Gasteiger partial charge in [-0.15, -0.1) is 0 Å². The quantitative estimate of drug-likeness (QED) is 0.329. The van der Waals surface area contributed by atoms with Crippen LogP contribution in [0.25, 0.3) is 0 Å². The minimum atomic E-state index is -0.749. The van der Waals surface area contributed by atoms with Crippen molar-refractivity contribution < 1.29 is 25.2 Å². The Morgan fingerprint density at radius 1 is 1.11 bits per heavy atom. The minimum absolute atomic E-state index is 0.0318. The highest BCUT2D eigenvalue weighted by Crippen LogP contribution is 2.40. The van der Waals surface area contributed by atoms with Crippen LogP contribution in [0.15, 0.2) is 0 Å². The minimum Gasteiger partial charge on any atom is -0.481 e. The smallest absolute Gasteiger partial charge is 0.303 e. The number of thioether (sulfide) groups is 1. The second kappa shape index (κ2) is 12.3. The van der Waals surface area contributed by atoms with Crippen LogP contribution in [-0.2, 0) is 4.79 Å². The van der Waals surface area contributed by atoms with Gasteiger partial charge < -0.3 is 20.4 Å². The summed E-state index contributed by atoms with van der Waals surface area (Å²) in [5.74, 6) is -0.114. The van der Waals surface area contributed by atoms with Gasteiger partial charge in [-0.25, -0.2) is 0 Å². The van der Waals surface area contributed by atoms with E-state index >= 15 is 0 Å². The Bertz CT molecular complexity index is 429. The van der Waals surface area contributed by atoms with Gasteiger partial charge in [0.1, 0.15) is 0 Å². The summed E-state index contributed by atoms with van der Waals surface area (Å²) in [6, 6.07) is 0. The van der Waals surface area contributed by atoms with E-state index in [4.69, 9.17) is 5.11 Å². The van der Waals surface area contributed by atoms with Gasteiger partial charge in [0.05, 0.1) is 18.3 Å². The molecule has 6 heteroatoms. The maximum absolute atomic E-state index is 10.6. The molecular weight excluding hydrogens is 364 g/mol. The van der Waals surface area contributed by atoms with Crippen LogP contribution in [0.1, 0.15) is 85.0 Å². The van der Waals surface area contributed by atoms with Gasteiger partial charge in [0.15, 0.2) is 0 Å². The predicted octanol–water partition coefficient (Wildman–Crippen LogP) is 3.83. The molecule has 0 aromatic rings. The molecule has 1 aliphatic rings. The molecule has 1 aliphatic carbocycles. The molecule has 1 saturated carbocycles. The van der Waals surface area contributed by atoms with Crippen molar-refractivity contribution in [3.8, 4) is 0 Å². The second-order valence-electron chi connectivity index (χ2n) is 8.79. The number of hydrogen-bond donors (Lipinski definition) is 4. The zero-order valence-corrected chi connectivity index (χ0v) is 18.1. The molecule has 5 nitrogen and oxygen atoms in total. The van der Waals surface area contributed by atoms with Crippen molar-refractivity contribution in [3.63, 3.8) is 0 Å². The van der Waals surface area contributed by atoms with Crippen LogP contribution in [0.5, 0.6) is 0 Å². The van der Waals surface area contributed by atoms with E-state index in [0.717, 1.165) is 44.9 Å². The number of aliphatic hydroxyl groups excluding tert-OH is 3. The standard InChI is InChI=1S/C21H40O5S/c1-4-5-12-21(2,3)18(24)14-27-20-15(16(22)13-17(20)23)10-8-6-7-9-11-19(25)26/h15-18,20,22-24H,4-14H2,1-3H3,(H,25,26)/t15-,16?,17?,18?,20+/m0/s1. The van der Waals surface area contributed by atoms with Gasteiger partial charge in [-0.05, 0) is 30.6 Å². The summed E-state index contributed by atoms with van der Waals surface area (Å²) >= 11 is 1.61. The van der Waals surface area contributed by atoms with Crippen molar-refractivity contribution >= 4 is 17.7 Å². The highest BCUT2D eigenvalue weighted by Gasteiger charge is 2.42. The van der Waals surface area contributed by atoms with Crippen LogP contribution in [0, 0.1) is 11.3 Å². The van der Waals surface area contributed by atoms with E-state index in [1.54, 1.807) is 11.8 Å². The van der Waals surface area contributed by atoms with Crippen molar-refractivity contribution in [2.24, 2.45) is 11.3 Å². The maximum Gasteiger partial charge on any atom is 0.303 e. The monoisotopic (exact) mass is 404 g/mol. The van der Waals surface area contributed by atoms with Gasteiger partial charge in [-0.2, -0.15) is 11.8 Å². The Kier molecular flexibility index (Phi) is 11.3. The summed E-state index contributed by atoms with van der Waals surface area (Å²) in [4.78, 5) is 10.5. The Balaban J connectivity index is 2.43. The molecule has 1 fully saturated rings. The topological polar surface area (TPSA) is 98.0 Å². The van der Waals surface area contributed by atoms with E-state index in [1.165, 1.54) is 0 Å². The molecule has 0 aromatic heterocycles. The number of aliphatic hydroxyl groups is 3. The Labute approximate surface area is 168 Å². The number of carboxylic acids is 1. The number of aliphatic carboxylic acids is 1. The first-order valence-electron chi connectivity index (χ1n) is 10.6. The third-order valence-electron chi connectivity index (χ3n) is 5.98. The molecule has 1 rings (SSSR count). The van der Waals surface area contributed by atoms with Crippen molar-refractivity contribution in [3.05, 3.63) is 0 Å². The average molecular weight is 405 g/mol. The first kappa shape index (κ1) is 24.7. The normalized spacial score (nSPS) is 27.0. The maximum atomic E-state index is 10.6. The number of carbonyl (C=O) groups is 1. The van der Waals surface area contributed by atoms with E-state index in [2.05, 4.69) is 20.8 Å². The molecular formula is C21H40O5S. The third-order valence-corrected chi connectivity index (χ3v) is 7.54. The summed E-state index contributed by atoms with van der Waals surface area (Å²) in [7, 11) is 0. The molecule has 3 unspecified atom stereocenters. The second-order valence-corrected chi connectivity index (χ2v) is 10.00. The van der Waals surface area contributed by atoms with Crippen LogP contribution in [0.3, 0.4) is 0 Å². The van der Waals surface area contributed by atoms with Crippen LogP contribution in [0.4, 0.5) is 0 Å². The SMILES string of the molecule is CCCCC(C)(C)C(O)CS[C@H]1C(O)CC(O)[C@@H]1CCCCCCC(=O)O. The van der Waals surface area contributed by atoms with Crippen LogP contribution in [0.2, 0.25) is 0 Å². The Hall–Kier alpha value is -0.300. The lowest BCUT2D eigenvalue weighted by atomic mass is 9.82. The fraction of sp³-hybridized carbons (Fsp3) is 0.952. The Morgan fingerprint density at radius 2 is 1.78 bits per heavy atom. The van der Waals surface area contributed by atoms with Crippen molar-refractivity contribution in [1.82, 2.24) is 0 Å². The highest BCUT2D eigenvalue weighted by atomic mass is 32.2. The first-order valence-corrected chi connectivity index (χ1v) is 11.6. The van der Waals surface area contributed by atoms with Crippen LogP contribution in [-0.4, -0.2) is 55.7 Å². The van der Waals surface area contributed by atoms with Crippen molar-refractivity contribution in [2.45, 2.75) is 109 Å². The zero-order chi connectivity index (χ0) is 20.4. The van der Waals surface area contributed by atoms with E-state index in [9.17, 15) is 20.1 Å². The fourth-order valence-electron chi connectivity index (χ4n) is 3.89. The van der Waals surface area contributed by atoms with Crippen molar-refractivity contribution in [2.75, 3.05) is 5.75 Å². The summed E-state index contributed by atoms with van der Waals surface area (Å²) in [6.45, 7) is 6.35. The third kappa shape index (κ3) is 8.71. The molecule has 0 radical (unpaired) electrons. The lowest BCUT2D eigenvalue weighted by Crippen LogP contribution is -2.34. The summed E-state index contributed by atoms with van der Waals surface area (Å²) in [6.07, 6.45) is 6.74. The molecule has 4 N–H and O–H groups in total. The molecule has 0 saturated heterocycles. The fourth-order valence-corrected chi connectivity index (χ4v) is 5.64. The van der Waals surface area contributed by atoms with Gasteiger partial charge >= 0.3 is 5.97 Å². The molecule has 0 amide bonds. The summed E-state index contributed by atoms with van der Waals surface area (Å²) in [5.41, 5.74) is -0.134. The lowest BCUT2D eigenvalue weighted by Gasteiger charge is -2.32. The molecule has 0 bridgehead atoms. The number of carboxylic acid groups (broad SMARTS) is 1. The number of hydrogen-bond acceptors (Lipinski definition) is 5. The van der Waals surface area contributed by atoms with Crippen LogP contribution >= 0.6 is 11.8 Å². The van der Waals surface area contributed by atoms with Crippen molar-refractivity contribution in [1.29, 1.82) is 0 Å². The molecule has 5 atom stereocenters. The molecule has 160 valence electrons. The largest absolute Gasteiger partial charge is 0.481 e. The van der Waals surface area contributed by atoms with E-state index in [0.29, 0.717) is 18.6 Å². The molecule has 0 heterocycles. The highest BCUT2D eigenvalue weighted by molar-refractivity contribution is 8.00. The average Bonchev–Trinajstić information content (AvgIpc) is 2.86. The first-order chi connectivity index (χ1) is 12.7. The Morgan fingerprint density at radius 3 is 2.41 bits per heavy atom.